The maximum Gasteiger partial charge on any atom is 0.141 e. The fraction of sp³-hybridized carbons (Fsp3) is 0.688. The summed E-state index contributed by atoms with van der Waals surface area (Å²) in [5, 5.41) is 3.73. The van der Waals surface area contributed by atoms with E-state index in [2.05, 4.69) is 36.0 Å². The highest BCUT2D eigenvalue weighted by atomic mass is 19.1. The minimum absolute atomic E-state index is 0.201. The molecule has 1 fully saturated rings. The molecule has 1 aromatic rings. The lowest BCUT2D eigenvalue weighted by Crippen LogP contribution is -2.63. The molecule has 112 valence electrons. The van der Waals surface area contributed by atoms with Gasteiger partial charge >= 0.3 is 0 Å². The van der Waals surface area contributed by atoms with Crippen molar-refractivity contribution >= 4 is 0 Å². The molecule has 4 heteroatoms. The molecule has 1 aromatic heterocycles. The number of hydrogen-bond acceptors (Lipinski definition) is 3. The highest BCUT2D eigenvalue weighted by molar-refractivity contribution is 5.11. The van der Waals surface area contributed by atoms with Crippen LogP contribution < -0.4 is 5.32 Å². The molecule has 0 saturated carbocycles. The first-order chi connectivity index (χ1) is 9.62. The van der Waals surface area contributed by atoms with Crippen molar-refractivity contribution in [3.05, 3.63) is 29.8 Å². The van der Waals surface area contributed by atoms with Crippen LogP contribution in [0.1, 0.15) is 45.6 Å². The summed E-state index contributed by atoms with van der Waals surface area (Å²) in [6, 6.07) is 2.12. The SMILES string of the molecule is CCC1CNC(CC)(CC)CN1Cc1cncc(F)c1. The van der Waals surface area contributed by atoms with Gasteiger partial charge in [0.05, 0.1) is 6.20 Å². The second-order valence-corrected chi connectivity index (χ2v) is 5.85. The van der Waals surface area contributed by atoms with Crippen molar-refractivity contribution in [3.8, 4) is 0 Å². The van der Waals surface area contributed by atoms with Crippen LogP contribution in [-0.4, -0.2) is 34.6 Å². The van der Waals surface area contributed by atoms with Crippen molar-refractivity contribution in [1.82, 2.24) is 15.2 Å². The number of nitrogens with one attached hydrogen (secondary N) is 1. The molecule has 1 N–H and O–H groups in total. The third kappa shape index (κ3) is 3.36. The molecule has 0 aromatic carbocycles. The van der Waals surface area contributed by atoms with Crippen LogP contribution >= 0.6 is 0 Å². The maximum atomic E-state index is 13.3. The number of pyridine rings is 1. The first kappa shape index (κ1) is 15.4. The van der Waals surface area contributed by atoms with Crippen LogP contribution in [0.15, 0.2) is 18.5 Å². The Bertz CT molecular complexity index is 431. The molecule has 0 spiro atoms. The van der Waals surface area contributed by atoms with E-state index in [-0.39, 0.29) is 11.4 Å². The molecule has 0 radical (unpaired) electrons. The van der Waals surface area contributed by atoms with E-state index >= 15 is 0 Å². The van der Waals surface area contributed by atoms with Gasteiger partial charge in [0.15, 0.2) is 0 Å². The van der Waals surface area contributed by atoms with Crippen molar-refractivity contribution in [1.29, 1.82) is 0 Å². The number of aromatic nitrogens is 1. The highest BCUT2D eigenvalue weighted by Gasteiger charge is 2.35. The molecule has 1 saturated heterocycles. The number of nitrogens with zero attached hydrogens (tertiary/aromatic N) is 2. The van der Waals surface area contributed by atoms with Gasteiger partial charge in [-0.2, -0.15) is 0 Å². The van der Waals surface area contributed by atoms with Gasteiger partial charge in [0.25, 0.3) is 0 Å². The van der Waals surface area contributed by atoms with Crippen molar-refractivity contribution in [2.75, 3.05) is 13.1 Å². The molecule has 1 aliphatic heterocycles. The van der Waals surface area contributed by atoms with E-state index in [1.54, 1.807) is 12.3 Å². The van der Waals surface area contributed by atoms with E-state index in [1.165, 1.54) is 6.20 Å². The zero-order chi connectivity index (χ0) is 14.6. The standard InChI is InChI=1S/C16H26FN3/c1-4-15-10-19-16(5-2,6-3)12-20(15)11-13-7-14(17)9-18-8-13/h7-9,15,19H,4-6,10-12H2,1-3H3. The molecule has 20 heavy (non-hydrogen) atoms. The Morgan fingerprint density at radius 2 is 2.10 bits per heavy atom. The van der Waals surface area contributed by atoms with E-state index < -0.39 is 0 Å². The molecule has 3 nitrogen and oxygen atoms in total. The molecular weight excluding hydrogens is 253 g/mol. The lowest BCUT2D eigenvalue weighted by molar-refractivity contribution is 0.0642. The van der Waals surface area contributed by atoms with E-state index in [1.807, 2.05) is 0 Å². The largest absolute Gasteiger partial charge is 0.308 e. The van der Waals surface area contributed by atoms with Gasteiger partial charge in [-0.05, 0) is 30.9 Å². The summed E-state index contributed by atoms with van der Waals surface area (Å²) in [6.45, 7) is 9.52. The number of piperazine rings is 1. The molecule has 2 rings (SSSR count). The smallest absolute Gasteiger partial charge is 0.141 e. The predicted octanol–water partition coefficient (Wildman–Crippen LogP) is 2.96. The van der Waals surface area contributed by atoms with Crippen molar-refractivity contribution in [2.24, 2.45) is 0 Å². The monoisotopic (exact) mass is 279 g/mol. The lowest BCUT2D eigenvalue weighted by Gasteiger charge is -2.47. The summed E-state index contributed by atoms with van der Waals surface area (Å²) in [7, 11) is 0. The third-order valence-electron chi connectivity index (χ3n) is 4.71. The van der Waals surface area contributed by atoms with Gasteiger partial charge in [-0.15, -0.1) is 0 Å². The molecule has 0 aliphatic carbocycles. The third-order valence-corrected chi connectivity index (χ3v) is 4.71. The average Bonchev–Trinajstić information content (AvgIpc) is 2.47. The first-order valence-electron chi connectivity index (χ1n) is 7.71. The predicted molar refractivity (Wildman–Crippen MR) is 80.0 cm³/mol. The van der Waals surface area contributed by atoms with E-state index in [0.717, 1.165) is 44.5 Å². The van der Waals surface area contributed by atoms with Gasteiger partial charge in [0, 0.05) is 37.4 Å². The summed E-state index contributed by atoms with van der Waals surface area (Å²) in [4.78, 5) is 6.45. The molecule has 2 heterocycles. The Morgan fingerprint density at radius 1 is 1.35 bits per heavy atom. The minimum atomic E-state index is -0.247. The van der Waals surface area contributed by atoms with E-state index in [9.17, 15) is 4.39 Å². The Hall–Kier alpha value is -1.00. The lowest BCUT2D eigenvalue weighted by atomic mass is 9.88. The van der Waals surface area contributed by atoms with Crippen LogP contribution in [0.25, 0.3) is 0 Å². The Labute approximate surface area is 121 Å². The summed E-state index contributed by atoms with van der Waals surface area (Å²) >= 11 is 0. The molecule has 0 amide bonds. The van der Waals surface area contributed by atoms with Gasteiger partial charge in [0.2, 0.25) is 0 Å². The maximum absolute atomic E-state index is 13.3. The van der Waals surface area contributed by atoms with Crippen LogP contribution in [0.2, 0.25) is 0 Å². The van der Waals surface area contributed by atoms with Gasteiger partial charge in [-0.3, -0.25) is 9.88 Å². The molecule has 0 bridgehead atoms. The normalized spacial score (nSPS) is 22.9. The highest BCUT2D eigenvalue weighted by Crippen LogP contribution is 2.25. The second-order valence-electron chi connectivity index (χ2n) is 5.85. The molecule has 1 unspecified atom stereocenters. The van der Waals surface area contributed by atoms with Gasteiger partial charge in [-0.25, -0.2) is 4.39 Å². The summed E-state index contributed by atoms with van der Waals surface area (Å²) in [6.07, 6.45) is 6.40. The zero-order valence-corrected chi connectivity index (χ0v) is 12.8. The van der Waals surface area contributed by atoms with E-state index in [0.29, 0.717) is 6.04 Å². The minimum Gasteiger partial charge on any atom is -0.308 e. The molecule has 1 atom stereocenters. The quantitative estimate of drug-likeness (QED) is 0.898. The van der Waals surface area contributed by atoms with Crippen LogP contribution in [0.3, 0.4) is 0 Å². The van der Waals surface area contributed by atoms with Gasteiger partial charge < -0.3 is 5.32 Å². The molecular formula is C16H26FN3. The fourth-order valence-corrected chi connectivity index (χ4v) is 3.13. The van der Waals surface area contributed by atoms with Crippen molar-refractivity contribution in [2.45, 2.75) is 58.2 Å². The fourth-order valence-electron chi connectivity index (χ4n) is 3.13. The summed E-state index contributed by atoms with van der Waals surface area (Å²) < 4.78 is 13.3. The Kier molecular flexibility index (Phi) is 5.11. The number of rotatable bonds is 5. The Balaban J connectivity index is 2.13. The van der Waals surface area contributed by atoms with Crippen LogP contribution in [0.4, 0.5) is 4.39 Å². The Morgan fingerprint density at radius 3 is 2.70 bits per heavy atom. The van der Waals surface area contributed by atoms with Gasteiger partial charge in [-0.1, -0.05) is 20.8 Å². The number of hydrogen-bond donors (Lipinski definition) is 1. The topological polar surface area (TPSA) is 28.2 Å². The summed E-state index contributed by atoms with van der Waals surface area (Å²) in [5.41, 5.74) is 1.17. The van der Waals surface area contributed by atoms with Crippen molar-refractivity contribution < 1.29 is 4.39 Å². The second kappa shape index (κ2) is 6.64. The van der Waals surface area contributed by atoms with E-state index in [4.69, 9.17) is 0 Å². The molecule has 1 aliphatic rings. The average molecular weight is 279 g/mol. The van der Waals surface area contributed by atoms with Crippen molar-refractivity contribution in [3.63, 3.8) is 0 Å². The first-order valence-corrected chi connectivity index (χ1v) is 7.71. The number of halogens is 1. The van der Waals surface area contributed by atoms with Crippen LogP contribution in [-0.2, 0) is 6.54 Å². The zero-order valence-electron chi connectivity index (χ0n) is 12.8. The van der Waals surface area contributed by atoms with Crippen LogP contribution in [0, 0.1) is 5.82 Å². The van der Waals surface area contributed by atoms with Crippen LogP contribution in [0.5, 0.6) is 0 Å². The van der Waals surface area contributed by atoms with Gasteiger partial charge in [0.1, 0.15) is 5.82 Å². The summed E-state index contributed by atoms with van der Waals surface area (Å²) in [5.74, 6) is -0.247.